The van der Waals surface area contributed by atoms with Crippen LogP contribution in [0.5, 0.6) is 5.75 Å². The number of nitrogens with one attached hydrogen (secondary N) is 1. The standard InChI is InChI=1S/C15H23N3O3S2/c1-4-21-14-7-5-12(6-8-14)16-15(22)18(17(2)3)13-9-10-23(19,20)11-13/h5-8,13H,4,9-11H2,1-3H3,(H,16,22)/t13-/m0/s1. The molecule has 0 aromatic heterocycles. The summed E-state index contributed by atoms with van der Waals surface area (Å²) in [4.78, 5) is 0. The Morgan fingerprint density at radius 1 is 1.35 bits per heavy atom. The third kappa shape index (κ3) is 4.79. The van der Waals surface area contributed by atoms with Crippen molar-refractivity contribution in [1.29, 1.82) is 0 Å². The number of thiocarbonyl (C=S) groups is 1. The van der Waals surface area contributed by atoms with E-state index < -0.39 is 9.84 Å². The second-order valence-electron chi connectivity index (χ2n) is 5.64. The van der Waals surface area contributed by atoms with Crippen molar-refractivity contribution in [3.05, 3.63) is 24.3 Å². The molecule has 23 heavy (non-hydrogen) atoms. The van der Waals surface area contributed by atoms with Crippen LogP contribution >= 0.6 is 12.2 Å². The number of sulfone groups is 1. The molecule has 1 saturated heterocycles. The van der Waals surface area contributed by atoms with Crippen LogP contribution in [0.2, 0.25) is 0 Å². The van der Waals surface area contributed by atoms with E-state index in [4.69, 9.17) is 17.0 Å². The highest BCUT2D eigenvalue weighted by Gasteiger charge is 2.34. The van der Waals surface area contributed by atoms with Crippen LogP contribution in [0.4, 0.5) is 5.69 Å². The van der Waals surface area contributed by atoms with E-state index in [1.165, 1.54) is 0 Å². The molecule has 1 aromatic carbocycles. The van der Waals surface area contributed by atoms with Gasteiger partial charge in [0.25, 0.3) is 0 Å². The molecule has 0 saturated carbocycles. The molecule has 2 rings (SSSR count). The number of benzene rings is 1. The quantitative estimate of drug-likeness (QED) is 0.636. The van der Waals surface area contributed by atoms with E-state index in [0.29, 0.717) is 18.1 Å². The SMILES string of the molecule is CCOc1ccc(NC(=S)N([C@H]2CCS(=O)(=O)C2)N(C)C)cc1. The molecule has 1 heterocycles. The molecule has 1 aliphatic rings. The minimum Gasteiger partial charge on any atom is -0.494 e. The second-order valence-corrected chi connectivity index (χ2v) is 8.25. The summed E-state index contributed by atoms with van der Waals surface area (Å²) in [6.07, 6.45) is 0.589. The smallest absolute Gasteiger partial charge is 0.188 e. The van der Waals surface area contributed by atoms with Crippen LogP contribution < -0.4 is 10.1 Å². The maximum atomic E-state index is 11.7. The summed E-state index contributed by atoms with van der Waals surface area (Å²) >= 11 is 5.48. The van der Waals surface area contributed by atoms with Gasteiger partial charge in [-0.15, -0.1) is 0 Å². The third-order valence-electron chi connectivity index (χ3n) is 3.61. The molecule has 1 aromatic rings. The van der Waals surface area contributed by atoms with Crippen molar-refractivity contribution in [2.75, 3.05) is 37.5 Å². The third-order valence-corrected chi connectivity index (χ3v) is 5.65. The topological polar surface area (TPSA) is 61.9 Å². The van der Waals surface area contributed by atoms with Gasteiger partial charge in [0.05, 0.1) is 24.2 Å². The lowest BCUT2D eigenvalue weighted by Crippen LogP contribution is -2.51. The summed E-state index contributed by atoms with van der Waals surface area (Å²) in [5.74, 6) is 1.15. The monoisotopic (exact) mass is 357 g/mol. The first-order valence-corrected chi connectivity index (χ1v) is 9.76. The molecule has 0 radical (unpaired) electrons. The van der Waals surface area contributed by atoms with Gasteiger partial charge in [-0.3, -0.25) is 5.01 Å². The summed E-state index contributed by atoms with van der Waals surface area (Å²) in [7, 11) is 0.752. The van der Waals surface area contributed by atoms with Crippen LogP contribution in [0.15, 0.2) is 24.3 Å². The van der Waals surface area contributed by atoms with Crippen molar-refractivity contribution in [2.24, 2.45) is 0 Å². The first-order chi connectivity index (χ1) is 10.8. The van der Waals surface area contributed by atoms with Gasteiger partial charge in [-0.1, -0.05) is 0 Å². The van der Waals surface area contributed by atoms with Gasteiger partial charge in [-0.05, 0) is 49.8 Å². The Labute approximate surface area is 143 Å². The fourth-order valence-corrected chi connectivity index (χ4v) is 4.75. The van der Waals surface area contributed by atoms with Crippen molar-refractivity contribution >= 4 is 32.9 Å². The minimum atomic E-state index is -2.96. The molecular formula is C15H23N3O3S2. The number of ether oxygens (including phenoxy) is 1. The van der Waals surface area contributed by atoms with Crippen molar-refractivity contribution in [3.8, 4) is 5.75 Å². The molecule has 1 N–H and O–H groups in total. The first kappa shape index (κ1) is 18.0. The zero-order chi connectivity index (χ0) is 17.0. The summed E-state index contributed by atoms with van der Waals surface area (Å²) in [5, 5.41) is 7.31. The summed E-state index contributed by atoms with van der Waals surface area (Å²) in [5.41, 5.74) is 0.839. The Morgan fingerprint density at radius 2 is 2.00 bits per heavy atom. The Balaban J connectivity index is 2.06. The van der Waals surface area contributed by atoms with E-state index >= 15 is 0 Å². The summed E-state index contributed by atoms with van der Waals surface area (Å²) in [6.45, 7) is 2.56. The lowest BCUT2D eigenvalue weighted by Gasteiger charge is -2.36. The van der Waals surface area contributed by atoms with E-state index in [1.54, 1.807) is 0 Å². The first-order valence-electron chi connectivity index (χ1n) is 7.53. The predicted octanol–water partition coefficient (Wildman–Crippen LogP) is 1.75. The van der Waals surface area contributed by atoms with E-state index in [2.05, 4.69) is 5.32 Å². The van der Waals surface area contributed by atoms with Crippen LogP contribution in [-0.2, 0) is 9.84 Å². The van der Waals surface area contributed by atoms with Crippen LogP contribution in [-0.4, -0.2) is 61.8 Å². The van der Waals surface area contributed by atoms with Crippen LogP contribution in [0, 0.1) is 0 Å². The average Bonchev–Trinajstić information content (AvgIpc) is 2.81. The van der Waals surface area contributed by atoms with E-state index in [1.807, 2.05) is 55.3 Å². The highest BCUT2D eigenvalue weighted by molar-refractivity contribution is 7.91. The van der Waals surface area contributed by atoms with E-state index in [-0.39, 0.29) is 17.5 Å². The molecule has 0 aliphatic carbocycles. The van der Waals surface area contributed by atoms with Crippen LogP contribution in [0.25, 0.3) is 0 Å². The van der Waals surface area contributed by atoms with Crippen LogP contribution in [0.3, 0.4) is 0 Å². The van der Waals surface area contributed by atoms with Gasteiger partial charge in [0, 0.05) is 19.8 Å². The maximum Gasteiger partial charge on any atom is 0.188 e. The van der Waals surface area contributed by atoms with Crippen LogP contribution in [0.1, 0.15) is 13.3 Å². The second kappa shape index (κ2) is 7.46. The van der Waals surface area contributed by atoms with Gasteiger partial charge >= 0.3 is 0 Å². The minimum absolute atomic E-state index is 0.127. The maximum absolute atomic E-state index is 11.7. The lowest BCUT2D eigenvalue weighted by molar-refractivity contribution is 0.0757. The van der Waals surface area contributed by atoms with Crippen molar-refractivity contribution < 1.29 is 13.2 Å². The molecule has 0 unspecified atom stereocenters. The number of hydrazine groups is 1. The van der Waals surface area contributed by atoms with E-state index in [9.17, 15) is 8.42 Å². The molecule has 6 nitrogen and oxygen atoms in total. The Bertz CT molecular complexity index is 644. The number of hydrogen-bond acceptors (Lipinski definition) is 5. The molecule has 8 heteroatoms. The fraction of sp³-hybridized carbons (Fsp3) is 0.533. The van der Waals surface area contributed by atoms with Gasteiger partial charge in [0.15, 0.2) is 14.9 Å². The Morgan fingerprint density at radius 3 is 2.48 bits per heavy atom. The van der Waals surface area contributed by atoms with Crippen molar-refractivity contribution in [1.82, 2.24) is 10.0 Å². The molecule has 0 amide bonds. The van der Waals surface area contributed by atoms with Gasteiger partial charge < -0.3 is 10.1 Å². The normalized spacial score (nSPS) is 19.6. The zero-order valence-corrected chi connectivity index (χ0v) is 15.3. The highest BCUT2D eigenvalue weighted by atomic mass is 32.2. The average molecular weight is 358 g/mol. The fourth-order valence-electron chi connectivity index (χ4n) is 2.62. The lowest BCUT2D eigenvalue weighted by atomic mass is 10.2. The summed E-state index contributed by atoms with van der Waals surface area (Å²) in [6, 6.07) is 7.38. The van der Waals surface area contributed by atoms with Gasteiger partial charge in [0.1, 0.15) is 5.75 Å². The van der Waals surface area contributed by atoms with Crippen molar-refractivity contribution in [3.63, 3.8) is 0 Å². The van der Waals surface area contributed by atoms with Gasteiger partial charge in [-0.25, -0.2) is 13.4 Å². The Kier molecular flexibility index (Phi) is 5.83. The van der Waals surface area contributed by atoms with Gasteiger partial charge in [-0.2, -0.15) is 0 Å². The molecule has 1 fully saturated rings. The molecular weight excluding hydrogens is 334 g/mol. The zero-order valence-electron chi connectivity index (χ0n) is 13.7. The van der Waals surface area contributed by atoms with Gasteiger partial charge in [0.2, 0.25) is 0 Å². The van der Waals surface area contributed by atoms with Crippen molar-refractivity contribution in [2.45, 2.75) is 19.4 Å². The molecule has 1 aliphatic heterocycles. The Hall–Kier alpha value is -1.38. The number of rotatable bonds is 5. The highest BCUT2D eigenvalue weighted by Crippen LogP contribution is 2.21. The predicted molar refractivity (Wildman–Crippen MR) is 96.4 cm³/mol. The number of nitrogens with zero attached hydrogens (tertiary/aromatic N) is 2. The molecule has 128 valence electrons. The molecule has 1 atom stereocenters. The number of hydrogen-bond donors (Lipinski definition) is 1. The molecule has 0 spiro atoms. The molecule has 0 bridgehead atoms. The number of anilines is 1. The summed E-state index contributed by atoms with van der Waals surface area (Å²) < 4.78 is 28.9. The van der Waals surface area contributed by atoms with E-state index in [0.717, 1.165) is 11.4 Å². The largest absolute Gasteiger partial charge is 0.494 e.